The summed E-state index contributed by atoms with van der Waals surface area (Å²) in [6.45, 7) is 10.3. The van der Waals surface area contributed by atoms with Crippen LogP contribution in [0, 0.1) is 17.8 Å². The van der Waals surface area contributed by atoms with Crippen LogP contribution in [-0.2, 0) is 23.9 Å². The molecule has 0 saturated carbocycles. The van der Waals surface area contributed by atoms with Crippen molar-refractivity contribution in [3.63, 3.8) is 0 Å². The number of alkyl halides is 1. The first-order chi connectivity index (χ1) is 17.3. The Morgan fingerprint density at radius 1 is 1.19 bits per heavy atom. The molecule has 4 fully saturated rings. The maximum atomic E-state index is 14.1. The number of nitrogens with zero attached hydrogens (tertiary/aromatic N) is 2. The van der Waals surface area contributed by atoms with Gasteiger partial charge in [-0.3, -0.25) is 19.3 Å². The standard InChI is InChI=1S/C25H41BrN4O6/c1-4-6-27-22(32)18-19-24(34)30(17(14-31)15(3)5-2)21(25(19)13-16(26)20(18)36-25)23(33)28-7-8-29-9-11-35-12-10-29/h15-21,31H,4-14H2,1-3H3,(H,27,32)(H,28,33)/t15-,16?,17-,18+,19-,20+,21?,25?/m0/s1. The van der Waals surface area contributed by atoms with Crippen molar-refractivity contribution in [1.82, 2.24) is 20.4 Å². The zero-order valence-corrected chi connectivity index (χ0v) is 23.2. The second kappa shape index (κ2) is 11.6. The molecule has 0 radical (unpaired) electrons. The van der Waals surface area contributed by atoms with E-state index in [-0.39, 0.29) is 35.1 Å². The highest BCUT2D eigenvalue weighted by molar-refractivity contribution is 9.09. The average molecular weight is 574 g/mol. The molecule has 4 aliphatic rings. The number of nitrogens with one attached hydrogen (secondary N) is 2. The normalized spacial score (nSPS) is 35.5. The molecule has 0 aromatic heterocycles. The summed E-state index contributed by atoms with van der Waals surface area (Å²) in [5, 5.41) is 16.3. The van der Waals surface area contributed by atoms with Crippen LogP contribution in [0.2, 0.25) is 0 Å². The summed E-state index contributed by atoms with van der Waals surface area (Å²) in [4.78, 5) is 44.8. The predicted octanol–water partition coefficient (Wildman–Crippen LogP) is 0.116. The Kier molecular flexibility index (Phi) is 8.97. The van der Waals surface area contributed by atoms with Gasteiger partial charge >= 0.3 is 0 Å². The van der Waals surface area contributed by atoms with Crippen molar-refractivity contribution < 1.29 is 29.0 Å². The fourth-order valence-electron chi connectivity index (χ4n) is 6.46. The van der Waals surface area contributed by atoms with Crippen LogP contribution in [0.4, 0.5) is 0 Å². The first-order valence-corrected chi connectivity index (χ1v) is 14.3. The SMILES string of the molecule is CCCNC(=O)[C@H]1[C@@H]2OC3(CC2Br)C(C(=O)NCCN2CCOCC2)N([C@@H](CO)[C@@H](C)CC)C(=O)[C@H]13. The van der Waals surface area contributed by atoms with Crippen LogP contribution in [0.25, 0.3) is 0 Å². The number of fused-ring (bicyclic) bond motifs is 1. The minimum atomic E-state index is -1.10. The summed E-state index contributed by atoms with van der Waals surface area (Å²) >= 11 is 3.69. The van der Waals surface area contributed by atoms with Gasteiger partial charge in [0.15, 0.2) is 0 Å². The largest absolute Gasteiger partial charge is 0.394 e. The van der Waals surface area contributed by atoms with E-state index in [0.29, 0.717) is 39.3 Å². The second-order valence-electron chi connectivity index (χ2n) is 10.6. The summed E-state index contributed by atoms with van der Waals surface area (Å²) < 4.78 is 11.9. The molecule has 3 unspecified atom stereocenters. The summed E-state index contributed by atoms with van der Waals surface area (Å²) in [6, 6.07) is -1.44. The average Bonchev–Trinajstić information content (AvgIpc) is 3.47. The molecule has 4 saturated heterocycles. The third-order valence-corrected chi connectivity index (χ3v) is 9.35. The minimum Gasteiger partial charge on any atom is -0.394 e. The molecule has 2 bridgehead atoms. The molecule has 0 aromatic rings. The van der Waals surface area contributed by atoms with Crippen LogP contribution in [0.1, 0.15) is 40.0 Å². The van der Waals surface area contributed by atoms with Crippen LogP contribution < -0.4 is 10.6 Å². The number of aliphatic hydroxyl groups is 1. The van der Waals surface area contributed by atoms with E-state index >= 15 is 0 Å². The number of hydrogen-bond donors (Lipinski definition) is 3. The smallest absolute Gasteiger partial charge is 0.245 e. The van der Waals surface area contributed by atoms with Crippen molar-refractivity contribution in [2.24, 2.45) is 17.8 Å². The molecule has 1 spiro atoms. The van der Waals surface area contributed by atoms with E-state index < -0.39 is 35.6 Å². The van der Waals surface area contributed by atoms with Crippen molar-refractivity contribution in [3.05, 3.63) is 0 Å². The lowest BCUT2D eigenvalue weighted by Gasteiger charge is -2.39. The van der Waals surface area contributed by atoms with Gasteiger partial charge in [-0.2, -0.15) is 0 Å². The van der Waals surface area contributed by atoms with E-state index in [0.717, 1.165) is 25.9 Å². The van der Waals surface area contributed by atoms with Crippen LogP contribution in [0.3, 0.4) is 0 Å². The molecule has 8 atom stereocenters. The molecule has 4 aliphatic heterocycles. The molecule has 3 N–H and O–H groups in total. The van der Waals surface area contributed by atoms with Crippen LogP contribution in [0.5, 0.6) is 0 Å². The van der Waals surface area contributed by atoms with Crippen molar-refractivity contribution >= 4 is 33.7 Å². The van der Waals surface area contributed by atoms with Gasteiger partial charge in [-0.1, -0.05) is 43.1 Å². The highest BCUT2D eigenvalue weighted by Gasteiger charge is 2.77. The molecule has 11 heteroatoms. The monoisotopic (exact) mass is 572 g/mol. The van der Waals surface area contributed by atoms with E-state index in [1.54, 1.807) is 4.90 Å². The number of rotatable bonds is 11. The van der Waals surface area contributed by atoms with Gasteiger partial charge in [-0.05, 0) is 18.8 Å². The molecule has 4 rings (SSSR count). The molecule has 4 heterocycles. The Morgan fingerprint density at radius 3 is 2.53 bits per heavy atom. The van der Waals surface area contributed by atoms with E-state index in [1.807, 2.05) is 20.8 Å². The number of hydrogen-bond acceptors (Lipinski definition) is 7. The van der Waals surface area contributed by atoms with E-state index in [2.05, 4.69) is 31.5 Å². The molecule has 36 heavy (non-hydrogen) atoms. The predicted molar refractivity (Wildman–Crippen MR) is 136 cm³/mol. The van der Waals surface area contributed by atoms with E-state index in [4.69, 9.17) is 9.47 Å². The Labute approximate surface area is 221 Å². The number of aliphatic hydroxyl groups excluding tert-OH is 1. The summed E-state index contributed by atoms with van der Waals surface area (Å²) in [5.74, 6) is -2.20. The maximum Gasteiger partial charge on any atom is 0.245 e. The summed E-state index contributed by atoms with van der Waals surface area (Å²) in [6.07, 6.45) is 1.51. The number of halogens is 1. The summed E-state index contributed by atoms with van der Waals surface area (Å²) in [5.41, 5.74) is -1.10. The third-order valence-electron chi connectivity index (χ3n) is 8.50. The van der Waals surface area contributed by atoms with Crippen LogP contribution >= 0.6 is 15.9 Å². The number of carbonyl (C=O) groups is 3. The van der Waals surface area contributed by atoms with Crippen molar-refractivity contribution in [2.75, 3.05) is 52.5 Å². The molecule has 0 aliphatic carbocycles. The molecule has 10 nitrogen and oxygen atoms in total. The lowest BCUT2D eigenvalue weighted by molar-refractivity contribution is -0.147. The van der Waals surface area contributed by atoms with Gasteiger partial charge in [0.1, 0.15) is 11.6 Å². The summed E-state index contributed by atoms with van der Waals surface area (Å²) in [7, 11) is 0. The molecule has 204 valence electrons. The molecular formula is C25H41BrN4O6. The fraction of sp³-hybridized carbons (Fsp3) is 0.880. The Bertz CT molecular complexity index is 826. The zero-order valence-electron chi connectivity index (χ0n) is 21.6. The lowest BCUT2D eigenvalue weighted by atomic mass is 9.70. The number of amides is 3. The minimum absolute atomic E-state index is 0.0258. The van der Waals surface area contributed by atoms with Gasteiger partial charge in [0.2, 0.25) is 17.7 Å². The first kappa shape index (κ1) is 27.8. The van der Waals surface area contributed by atoms with Gasteiger partial charge in [0.05, 0.1) is 43.8 Å². The number of carbonyl (C=O) groups excluding carboxylic acids is 3. The van der Waals surface area contributed by atoms with Crippen LogP contribution in [-0.4, -0.2) is 114 Å². The second-order valence-corrected chi connectivity index (χ2v) is 11.8. The molecule has 3 amide bonds. The van der Waals surface area contributed by atoms with Crippen molar-refractivity contribution in [3.8, 4) is 0 Å². The highest BCUT2D eigenvalue weighted by Crippen LogP contribution is 2.60. The van der Waals surface area contributed by atoms with Gasteiger partial charge in [0, 0.05) is 37.6 Å². The van der Waals surface area contributed by atoms with E-state index in [1.165, 1.54) is 0 Å². The third kappa shape index (κ3) is 4.81. The van der Waals surface area contributed by atoms with Gasteiger partial charge < -0.3 is 30.1 Å². The fourth-order valence-corrected chi connectivity index (χ4v) is 7.41. The number of likely N-dealkylation sites (tertiary alicyclic amines) is 1. The number of ether oxygens (including phenoxy) is 2. The topological polar surface area (TPSA) is 120 Å². The van der Waals surface area contributed by atoms with Crippen molar-refractivity contribution in [1.29, 1.82) is 0 Å². The first-order valence-electron chi connectivity index (χ1n) is 13.4. The van der Waals surface area contributed by atoms with Crippen LogP contribution in [0.15, 0.2) is 0 Å². The molecular weight excluding hydrogens is 532 g/mol. The highest BCUT2D eigenvalue weighted by atomic mass is 79.9. The van der Waals surface area contributed by atoms with Gasteiger partial charge in [-0.25, -0.2) is 0 Å². The Balaban J connectivity index is 1.62. The van der Waals surface area contributed by atoms with Gasteiger partial charge in [-0.15, -0.1) is 0 Å². The number of morpholine rings is 1. The lowest BCUT2D eigenvalue weighted by Crippen LogP contribution is -2.59. The van der Waals surface area contributed by atoms with Gasteiger partial charge in [0.25, 0.3) is 0 Å². The Hall–Kier alpha value is -1.27. The van der Waals surface area contributed by atoms with Crippen molar-refractivity contribution in [2.45, 2.75) is 68.6 Å². The Morgan fingerprint density at radius 2 is 1.89 bits per heavy atom. The maximum absolute atomic E-state index is 14.1. The zero-order chi connectivity index (χ0) is 26.0. The van der Waals surface area contributed by atoms with E-state index in [9.17, 15) is 19.5 Å². The molecule has 0 aromatic carbocycles. The quantitative estimate of drug-likeness (QED) is 0.301.